The minimum Gasteiger partial charge on any atom is -0.315 e. The van der Waals surface area contributed by atoms with Crippen molar-refractivity contribution in [3.63, 3.8) is 0 Å². The Bertz CT molecular complexity index is 525. The highest BCUT2D eigenvalue weighted by Crippen LogP contribution is 2.23. The third kappa shape index (κ3) is 3.24. The van der Waals surface area contributed by atoms with E-state index in [1.165, 1.54) is 0 Å². The Morgan fingerprint density at radius 1 is 1.44 bits per heavy atom. The summed E-state index contributed by atoms with van der Waals surface area (Å²) in [6.45, 7) is 3.40. The van der Waals surface area contributed by atoms with E-state index in [-0.39, 0.29) is 5.25 Å². The molecule has 2 N–H and O–H groups in total. The summed E-state index contributed by atoms with van der Waals surface area (Å²) >= 11 is 3.40. The van der Waals surface area contributed by atoms with Crippen molar-refractivity contribution in [1.29, 1.82) is 0 Å². The maximum Gasteiger partial charge on any atom is 0.236 e. The molecule has 18 heavy (non-hydrogen) atoms. The van der Waals surface area contributed by atoms with E-state index in [4.69, 9.17) is 0 Å². The Morgan fingerprint density at radius 3 is 2.83 bits per heavy atom. The summed E-state index contributed by atoms with van der Waals surface area (Å²) in [5.41, 5.74) is 1.69. The number of benzene rings is 1. The zero-order chi connectivity index (χ0) is 13.2. The monoisotopic (exact) mass is 332 g/mol. The molecule has 0 saturated carbocycles. The number of piperidine rings is 1. The molecule has 0 aliphatic carbocycles. The maximum atomic E-state index is 12.2. The molecule has 100 valence electrons. The lowest BCUT2D eigenvalue weighted by molar-refractivity contribution is 0.499. The molecular weight excluding hydrogens is 316 g/mol. The number of hydrogen-bond donors (Lipinski definition) is 2. The van der Waals surface area contributed by atoms with Gasteiger partial charge in [-0.15, -0.1) is 0 Å². The van der Waals surface area contributed by atoms with Crippen LogP contribution in [0.25, 0.3) is 0 Å². The van der Waals surface area contributed by atoms with Crippen LogP contribution in [-0.4, -0.2) is 26.8 Å². The lowest BCUT2D eigenvalue weighted by Gasteiger charge is -2.23. The fourth-order valence-corrected chi connectivity index (χ4v) is 3.80. The van der Waals surface area contributed by atoms with Crippen LogP contribution in [0.1, 0.15) is 18.4 Å². The average molecular weight is 333 g/mol. The highest BCUT2D eigenvalue weighted by molar-refractivity contribution is 9.10. The summed E-state index contributed by atoms with van der Waals surface area (Å²) in [6.07, 6.45) is 1.62. The van der Waals surface area contributed by atoms with Gasteiger partial charge in [0.2, 0.25) is 10.0 Å². The molecule has 1 heterocycles. The number of halogens is 1. The first-order valence-electron chi connectivity index (χ1n) is 5.97. The van der Waals surface area contributed by atoms with Gasteiger partial charge in [0.15, 0.2) is 0 Å². The smallest absolute Gasteiger partial charge is 0.236 e. The van der Waals surface area contributed by atoms with Gasteiger partial charge in [-0.2, -0.15) is 0 Å². The van der Waals surface area contributed by atoms with E-state index in [0.29, 0.717) is 12.2 Å². The zero-order valence-corrected chi connectivity index (χ0v) is 12.6. The van der Waals surface area contributed by atoms with Gasteiger partial charge in [-0.3, -0.25) is 4.72 Å². The molecule has 1 saturated heterocycles. The lowest BCUT2D eigenvalue weighted by atomic mass is 10.2. The van der Waals surface area contributed by atoms with Crippen molar-refractivity contribution in [2.24, 2.45) is 0 Å². The summed E-state index contributed by atoms with van der Waals surface area (Å²) in [4.78, 5) is 0. The van der Waals surface area contributed by atoms with E-state index in [2.05, 4.69) is 26.0 Å². The number of anilines is 1. The van der Waals surface area contributed by atoms with Gasteiger partial charge in [-0.1, -0.05) is 22.0 Å². The topological polar surface area (TPSA) is 58.2 Å². The SMILES string of the molecule is Cc1ccc(NS(=O)(=O)C2CCCNC2)cc1Br. The first-order valence-corrected chi connectivity index (χ1v) is 8.31. The van der Waals surface area contributed by atoms with Crippen molar-refractivity contribution in [3.05, 3.63) is 28.2 Å². The van der Waals surface area contributed by atoms with Gasteiger partial charge in [0, 0.05) is 16.7 Å². The molecule has 1 fully saturated rings. The molecule has 1 atom stereocenters. The molecule has 6 heteroatoms. The molecule has 0 amide bonds. The van der Waals surface area contributed by atoms with Crippen LogP contribution in [0.3, 0.4) is 0 Å². The second-order valence-corrected chi connectivity index (χ2v) is 7.39. The summed E-state index contributed by atoms with van der Waals surface area (Å²) < 4.78 is 27.9. The summed E-state index contributed by atoms with van der Waals surface area (Å²) in [7, 11) is -3.30. The van der Waals surface area contributed by atoms with Crippen molar-refractivity contribution in [1.82, 2.24) is 5.32 Å². The van der Waals surface area contributed by atoms with Crippen LogP contribution in [0.4, 0.5) is 5.69 Å². The molecule has 1 aromatic rings. The quantitative estimate of drug-likeness (QED) is 0.892. The van der Waals surface area contributed by atoms with Gasteiger partial charge in [0.05, 0.1) is 5.25 Å². The summed E-state index contributed by atoms with van der Waals surface area (Å²) in [5, 5.41) is 2.78. The van der Waals surface area contributed by atoms with Crippen molar-refractivity contribution >= 4 is 31.6 Å². The molecule has 1 aromatic carbocycles. The molecule has 2 rings (SSSR count). The highest BCUT2D eigenvalue weighted by Gasteiger charge is 2.27. The molecule has 1 unspecified atom stereocenters. The Kier molecular flexibility index (Phi) is 4.29. The van der Waals surface area contributed by atoms with Crippen molar-refractivity contribution in [2.75, 3.05) is 17.8 Å². The van der Waals surface area contributed by atoms with Gasteiger partial charge < -0.3 is 5.32 Å². The molecule has 1 aliphatic rings. The highest BCUT2D eigenvalue weighted by atomic mass is 79.9. The molecular formula is C12H17BrN2O2S. The summed E-state index contributed by atoms with van der Waals surface area (Å²) in [5.74, 6) is 0. The van der Waals surface area contributed by atoms with Crippen LogP contribution in [0.15, 0.2) is 22.7 Å². The average Bonchev–Trinajstić information content (AvgIpc) is 2.35. The predicted molar refractivity (Wildman–Crippen MR) is 77.3 cm³/mol. The van der Waals surface area contributed by atoms with Gasteiger partial charge >= 0.3 is 0 Å². The Labute approximate surface area is 116 Å². The van der Waals surface area contributed by atoms with Crippen LogP contribution in [0.2, 0.25) is 0 Å². The first kappa shape index (κ1) is 13.8. The van der Waals surface area contributed by atoms with Crippen LogP contribution < -0.4 is 10.0 Å². The second-order valence-electron chi connectivity index (χ2n) is 4.58. The third-order valence-electron chi connectivity index (χ3n) is 3.12. The van der Waals surface area contributed by atoms with Gasteiger partial charge in [0.25, 0.3) is 0 Å². The molecule has 4 nitrogen and oxygen atoms in total. The Balaban J connectivity index is 2.13. The minimum atomic E-state index is -3.30. The fourth-order valence-electron chi connectivity index (χ4n) is 1.99. The normalized spacial score (nSPS) is 20.7. The third-order valence-corrected chi connectivity index (χ3v) is 5.78. The van der Waals surface area contributed by atoms with E-state index in [9.17, 15) is 8.42 Å². The number of hydrogen-bond acceptors (Lipinski definition) is 3. The van der Waals surface area contributed by atoms with E-state index < -0.39 is 10.0 Å². The van der Waals surface area contributed by atoms with Crippen LogP contribution in [0.5, 0.6) is 0 Å². The minimum absolute atomic E-state index is 0.341. The van der Waals surface area contributed by atoms with Crippen molar-refractivity contribution in [3.8, 4) is 0 Å². The fraction of sp³-hybridized carbons (Fsp3) is 0.500. The molecule has 0 aromatic heterocycles. The van der Waals surface area contributed by atoms with Crippen LogP contribution in [0, 0.1) is 6.92 Å². The molecule has 0 bridgehead atoms. The molecule has 0 radical (unpaired) electrons. The second kappa shape index (κ2) is 5.59. The van der Waals surface area contributed by atoms with E-state index >= 15 is 0 Å². The predicted octanol–water partition coefficient (Wildman–Crippen LogP) is 2.25. The van der Waals surface area contributed by atoms with Crippen LogP contribution in [-0.2, 0) is 10.0 Å². The molecule has 1 aliphatic heterocycles. The van der Waals surface area contributed by atoms with Gasteiger partial charge in [-0.05, 0) is 44.0 Å². The largest absolute Gasteiger partial charge is 0.315 e. The number of sulfonamides is 1. The van der Waals surface area contributed by atoms with E-state index in [1.807, 2.05) is 13.0 Å². The van der Waals surface area contributed by atoms with Crippen molar-refractivity contribution in [2.45, 2.75) is 25.0 Å². The number of aryl methyl sites for hydroxylation is 1. The molecule has 0 spiro atoms. The number of rotatable bonds is 3. The maximum absolute atomic E-state index is 12.2. The summed E-state index contributed by atoms with van der Waals surface area (Å²) in [6, 6.07) is 5.47. The Hall–Kier alpha value is -0.590. The standard InChI is InChI=1S/C12H17BrN2O2S/c1-9-4-5-10(7-12(9)13)15-18(16,17)11-3-2-6-14-8-11/h4-5,7,11,14-15H,2-3,6,8H2,1H3. The van der Waals surface area contributed by atoms with E-state index in [1.54, 1.807) is 12.1 Å². The van der Waals surface area contributed by atoms with Gasteiger partial charge in [0.1, 0.15) is 0 Å². The van der Waals surface area contributed by atoms with Gasteiger partial charge in [-0.25, -0.2) is 8.42 Å². The lowest BCUT2D eigenvalue weighted by Crippen LogP contribution is -2.41. The van der Waals surface area contributed by atoms with Crippen LogP contribution >= 0.6 is 15.9 Å². The zero-order valence-electron chi connectivity index (χ0n) is 10.2. The number of nitrogens with one attached hydrogen (secondary N) is 2. The van der Waals surface area contributed by atoms with E-state index in [0.717, 1.165) is 29.4 Å². The Morgan fingerprint density at radius 2 is 2.22 bits per heavy atom. The van der Waals surface area contributed by atoms with Crippen molar-refractivity contribution < 1.29 is 8.42 Å². The first-order chi connectivity index (χ1) is 8.49.